The zero-order valence-electron chi connectivity index (χ0n) is 12.6. The van der Waals surface area contributed by atoms with Crippen molar-refractivity contribution in [3.63, 3.8) is 0 Å². The molecule has 4 heteroatoms. The van der Waals surface area contributed by atoms with E-state index in [2.05, 4.69) is 0 Å². The first-order valence-corrected chi connectivity index (χ1v) is 8.70. The number of esters is 1. The first kappa shape index (κ1) is 16.3. The number of benzene rings is 2. The summed E-state index contributed by atoms with van der Waals surface area (Å²) in [6.45, 7) is 2.20. The molecule has 0 spiro atoms. The molecule has 0 amide bonds. The summed E-state index contributed by atoms with van der Waals surface area (Å²) >= 11 is -0.0898. The van der Waals surface area contributed by atoms with Gasteiger partial charge in [0.1, 0.15) is 0 Å². The van der Waals surface area contributed by atoms with Crippen LogP contribution < -0.4 is 9.20 Å². The Morgan fingerprint density at radius 3 is 2.36 bits per heavy atom. The van der Waals surface area contributed by atoms with Crippen LogP contribution in [0.2, 0.25) is 0 Å². The number of ether oxygens (including phenoxy) is 2. The Bertz CT molecular complexity index is 633. The van der Waals surface area contributed by atoms with Gasteiger partial charge in [0, 0.05) is 0 Å². The summed E-state index contributed by atoms with van der Waals surface area (Å²) in [5.41, 5.74) is 0.960. The van der Waals surface area contributed by atoms with E-state index < -0.39 is 0 Å². The van der Waals surface area contributed by atoms with Crippen molar-refractivity contribution < 1.29 is 14.3 Å². The number of carbonyl (C=O) groups excluding carboxylic acids is 1. The Balaban J connectivity index is 2.26. The second-order valence-corrected chi connectivity index (χ2v) is 6.76. The molecule has 0 aliphatic carbocycles. The fraction of sp³-hybridized carbons (Fsp3) is 0.167. The summed E-state index contributed by atoms with van der Waals surface area (Å²) < 4.78 is 12.2. The molecular formula is C18H18O3Se. The zero-order chi connectivity index (χ0) is 15.8. The van der Waals surface area contributed by atoms with E-state index in [4.69, 9.17) is 9.47 Å². The van der Waals surface area contributed by atoms with Crippen molar-refractivity contribution in [2.24, 2.45) is 0 Å². The third-order valence-corrected chi connectivity index (χ3v) is 4.99. The van der Waals surface area contributed by atoms with Gasteiger partial charge >= 0.3 is 137 Å². The fourth-order valence-corrected chi connectivity index (χ4v) is 3.65. The number of methoxy groups -OCH3 is 1. The van der Waals surface area contributed by atoms with Crippen molar-refractivity contribution >= 4 is 31.5 Å². The zero-order valence-corrected chi connectivity index (χ0v) is 14.3. The van der Waals surface area contributed by atoms with Crippen molar-refractivity contribution in [3.8, 4) is 5.75 Å². The van der Waals surface area contributed by atoms with Gasteiger partial charge in [0.25, 0.3) is 0 Å². The molecular weight excluding hydrogens is 343 g/mol. The Morgan fingerprint density at radius 1 is 1.09 bits per heavy atom. The van der Waals surface area contributed by atoms with Crippen molar-refractivity contribution in [2.45, 2.75) is 6.92 Å². The number of hydrogen-bond donors (Lipinski definition) is 0. The molecule has 2 aromatic rings. The molecule has 0 bridgehead atoms. The molecule has 22 heavy (non-hydrogen) atoms. The summed E-state index contributed by atoms with van der Waals surface area (Å²) in [4.78, 5) is 12.2. The molecule has 2 aromatic carbocycles. The molecule has 0 fully saturated rings. The number of rotatable bonds is 6. The summed E-state index contributed by atoms with van der Waals surface area (Å²) in [5.74, 6) is 0.547. The molecule has 0 aliphatic rings. The Labute approximate surface area is 137 Å². The average molecular weight is 361 g/mol. The summed E-state index contributed by atoms with van der Waals surface area (Å²) in [5, 5.41) is 0. The van der Waals surface area contributed by atoms with Gasteiger partial charge in [-0.25, -0.2) is 0 Å². The Kier molecular flexibility index (Phi) is 6.26. The molecule has 0 unspecified atom stereocenters. The van der Waals surface area contributed by atoms with Gasteiger partial charge in [-0.15, -0.1) is 0 Å². The molecule has 0 aromatic heterocycles. The molecule has 2 rings (SSSR count). The second kappa shape index (κ2) is 8.42. The van der Waals surface area contributed by atoms with Gasteiger partial charge < -0.3 is 0 Å². The molecule has 0 saturated carbocycles. The van der Waals surface area contributed by atoms with Crippen LogP contribution in [0.4, 0.5) is 0 Å². The molecule has 3 nitrogen and oxygen atoms in total. The van der Waals surface area contributed by atoms with Crippen molar-refractivity contribution in [2.75, 3.05) is 13.7 Å². The number of carbonyl (C=O) groups is 1. The van der Waals surface area contributed by atoms with Gasteiger partial charge in [0.15, 0.2) is 0 Å². The summed E-state index contributed by atoms with van der Waals surface area (Å²) in [6.07, 6.45) is 1.89. The van der Waals surface area contributed by atoms with Gasteiger partial charge in [-0.3, -0.25) is 0 Å². The number of hydrogen-bond acceptors (Lipinski definition) is 3. The van der Waals surface area contributed by atoms with Crippen LogP contribution in [-0.4, -0.2) is 34.6 Å². The maximum atomic E-state index is 12.2. The van der Waals surface area contributed by atoms with Crippen LogP contribution in [0.3, 0.4) is 0 Å². The van der Waals surface area contributed by atoms with E-state index >= 15 is 0 Å². The first-order chi connectivity index (χ1) is 10.7. The van der Waals surface area contributed by atoms with Crippen LogP contribution in [-0.2, 0) is 9.53 Å². The molecule has 0 radical (unpaired) electrons. The van der Waals surface area contributed by atoms with E-state index in [0.29, 0.717) is 11.1 Å². The minimum atomic E-state index is -0.248. The molecule has 0 saturated heterocycles. The minimum absolute atomic E-state index is 0.0898. The second-order valence-electron chi connectivity index (χ2n) is 4.42. The van der Waals surface area contributed by atoms with Crippen molar-refractivity contribution in [1.29, 1.82) is 0 Å². The van der Waals surface area contributed by atoms with Crippen LogP contribution in [0.1, 0.15) is 12.5 Å². The molecule has 0 N–H and O–H groups in total. The van der Waals surface area contributed by atoms with Crippen molar-refractivity contribution in [3.05, 3.63) is 64.6 Å². The van der Waals surface area contributed by atoms with Crippen LogP contribution >= 0.6 is 0 Å². The van der Waals surface area contributed by atoms with Gasteiger partial charge in [-0.2, -0.15) is 0 Å². The van der Waals surface area contributed by atoms with E-state index in [1.165, 1.54) is 0 Å². The van der Waals surface area contributed by atoms with E-state index in [1.807, 2.05) is 67.6 Å². The van der Waals surface area contributed by atoms with E-state index in [1.54, 1.807) is 7.11 Å². The third kappa shape index (κ3) is 4.76. The first-order valence-electron chi connectivity index (χ1n) is 6.98. The van der Waals surface area contributed by atoms with E-state index in [9.17, 15) is 4.79 Å². The molecule has 0 aliphatic heterocycles. The monoisotopic (exact) mass is 362 g/mol. The van der Waals surface area contributed by atoms with E-state index in [-0.39, 0.29) is 20.9 Å². The Morgan fingerprint density at radius 2 is 1.77 bits per heavy atom. The molecule has 0 heterocycles. The quantitative estimate of drug-likeness (QED) is 0.451. The third-order valence-electron chi connectivity index (χ3n) is 2.86. The predicted octanol–water partition coefficient (Wildman–Crippen LogP) is 2.63. The summed E-state index contributed by atoms with van der Waals surface area (Å²) in [7, 11) is 1.63. The van der Waals surface area contributed by atoms with Gasteiger partial charge in [-0.05, 0) is 0 Å². The maximum absolute atomic E-state index is 12.2. The summed E-state index contributed by atoms with van der Waals surface area (Å²) in [6, 6.07) is 17.6. The van der Waals surface area contributed by atoms with Crippen molar-refractivity contribution in [1.82, 2.24) is 0 Å². The molecule has 0 atom stereocenters. The van der Waals surface area contributed by atoms with Crippen LogP contribution in [0.15, 0.2) is 59.1 Å². The van der Waals surface area contributed by atoms with Gasteiger partial charge in [0.05, 0.1) is 0 Å². The average Bonchev–Trinajstić information content (AvgIpc) is 2.56. The van der Waals surface area contributed by atoms with Crippen LogP contribution in [0.25, 0.3) is 6.08 Å². The SMILES string of the molecule is CCOC(=O)/C(=C\c1ccc(OC)cc1)[Se]c1ccccc1. The fourth-order valence-electron chi connectivity index (χ4n) is 1.80. The van der Waals surface area contributed by atoms with Crippen LogP contribution in [0, 0.1) is 0 Å². The topological polar surface area (TPSA) is 35.5 Å². The standard InChI is InChI=1S/C18H18O3Se/c1-3-21-18(19)17(22-16-7-5-4-6-8-16)13-14-9-11-15(20-2)12-10-14/h4-13H,3H2,1-2H3/b17-13+. The van der Waals surface area contributed by atoms with E-state index in [0.717, 1.165) is 15.8 Å². The van der Waals surface area contributed by atoms with Gasteiger partial charge in [-0.1, -0.05) is 0 Å². The predicted molar refractivity (Wildman–Crippen MR) is 89.4 cm³/mol. The van der Waals surface area contributed by atoms with Crippen LogP contribution in [0.5, 0.6) is 5.75 Å². The Hall–Kier alpha value is -2.03. The molecule has 114 valence electrons. The van der Waals surface area contributed by atoms with Gasteiger partial charge in [0.2, 0.25) is 0 Å². The normalized spacial score (nSPS) is 11.1.